The summed E-state index contributed by atoms with van der Waals surface area (Å²) in [6.45, 7) is 6.41. The van der Waals surface area contributed by atoms with Gasteiger partial charge in [0.15, 0.2) is 0 Å². The Morgan fingerprint density at radius 2 is 2.00 bits per heavy atom. The maximum absolute atomic E-state index is 10.9. The molecule has 4 heteroatoms. The molecule has 0 aliphatic carbocycles. The summed E-state index contributed by atoms with van der Waals surface area (Å²) in [7, 11) is 3.52. The van der Waals surface area contributed by atoms with E-state index in [0.717, 1.165) is 11.4 Å². The zero-order chi connectivity index (χ0) is 14.6. The van der Waals surface area contributed by atoms with E-state index in [1.54, 1.807) is 14.0 Å². The summed E-state index contributed by atoms with van der Waals surface area (Å²) in [6.07, 6.45) is 0. The van der Waals surface area contributed by atoms with Gasteiger partial charge in [0, 0.05) is 13.6 Å². The number of ether oxygens (including phenoxy) is 1. The van der Waals surface area contributed by atoms with Crippen LogP contribution in [0, 0.1) is 5.92 Å². The molecule has 0 aliphatic heterocycles. The summed E-state index contributed by atoms with van der Waals surface area (Å²) in [4.78, 5) is 12.8. The van der Waals surface area contributed by atoms with E-state index in [2.05, 4.69) is 19.9 Å². The Bertz CT molecular complexity index is 443. The van der Waals surface area contributed by atoms with Crippen molar-refractivity contribution in [1.82, 2.24) is 0 Å². The summed E-state index contributed by atoms with van der Waals surface area (Å²) < 4.78 is 5.41. The van der Waals surface area contributed by atoms with Crippen LogP contribution in [0.2, 0.25) is 0 Å². The van der Waals surface area contributed by atoms with Gasteiger partial charge < -0.3 is 14.7 Å². The quantitative estimate of drug-likeness (QED) is 0.859. The molecule has 0 radical (unpaired) electrons. The molecule has 106 valence electrons. The standard InChI is InChI=1S/C15H23NO3/c1-10(2)12-6-7-13(14(8-12)19-5)16(4)9-11(3)15(17)18/h6-8,10-11H,9H2,1-5H3,(H,17,18). The highest BCUT2D eigenvalue weighted by Crippen LogP contribution is 2.31. The molecule has 0 saturated heterocycles. The van der Waals surface area contributed by atoms with Gasteiger partial charge in [0.2, 0.25) is 0 Å². The monoisotopic (exact) mass is 265 g/mol. The van der Waals surface area contributed by atoms with Crippen LogP contribution in [0.1, 0.15) is 32.3 Å². The third-order valence-corrected chi connectivity index (χ3v) is 3.25. The van der Waals surface area contributed by atoms with Crippen molar-refractivity contribution < 1.29 is 14.6 Å². The number of aliphatic carboxylic acids is 1. The minimum absolute atomic E-state index is 0.417. The smallest absolute Gasteiger partial charge is 0.308 e. The molecule has 1 aromatic carbocycles. The lowest BCUT2D eigenvalue weighted by atomic mass is 10.0. The number of hydrogen-bond acceptors (Lipinski definition) is 3. The van der Waals surface area contributed by atoms with Crippen LogP contribution in [0.3, 0.4) is 0 Å². The molecular formula is C15H23NO3. The lowest BCUT2D eigenvalue weighted by molar-refractivity contribution is -0.140. The van der Waals surface area contributed by atoms with Gasteiger partial charge in [-0.2, -0.15) is 0 Å². The van der Waals surface area contributed by atoms with Crippen LogP contribution in [-0.4, -0.2) is 31.8 Å². The molecule has 1 N–H and O–H groups in total. The SMILES string of the molecule is COc1cc(C(C)C)ccc1N(C)CC(C)C(=O)O. The zero-order valence-electron chi connectivity index (χ0n) is 12.3. The van der Waals surface area contributed by atoms with Gasteiger partial charge in [-0.05, 0) is 23.6 Å². The highest BCUT2D eigenvalue weighted by Gasteiger charge is 2.17. The van der Waals surface area contributed by atoms with Crippen molar-refractivity contribution in [2.24, 2.45) is 5.92 Å². The van der Waals surface area contributed by atoms with Crippen LogP contribution in [-0.2, 0) is 4.79 Å². The molecule has 1 aromatic rings. The van der Waals surface area contributed by atoms with Gasteiger partial charge in [-0.15, -0.1) is 0 Å². The minimum atomic E-state index is -0.787. The van der Waals surface area contributed by atoms with E-state index < -0.39 is 11.9 Å². The van der Waals surface area contributed by atoms with Crippen molar-refractivity contribution in [2.75, 3.05) is 25.6 Å². The number of rotatable bonds is 6. The number of carbonyl (C=O) groups is 1. The molecule has 19 heavy (non-hydrogen) atoms. The molecule has 0 spiro atoms. The van der Waals surface area contributed by atoms with E-state index in [1.807, 2.05) is 24.1 Å². The lowest BCUT2D eigenvalue weighted by Gasteiger charge is -2.24. The summed E-state index contributed by atoms with van der Waals surface area (Å²) in [6, 6.07) is 6.06. The Morgan fingerprint density at radius 1 is 1.37 bits per heavy atom. The average molecular weight is 265 g/mol. The fourth-order valence-electron chi connectivity index (χ4n) is 1.96. The molecule has 1 rings (SSSR count). The molecule has 1 atom stereocenters. The first-order valence-electron chi connectivity index (χ1n) is 6.48. The maximum Gasteiger partial charge on any atom is 0.308 e. The van der Waals surface area contributed by atoms with Crippen molar-refractivity contribution in [3.8, 4) is 5.75 Å². The molecule has 4 nitrogen and oxygen atoms in total. The first-order valence-corrected chi connectivity index (χ1v) is 6.48. The van der Waals surface area contributed by atoms with Crippen LogP contribution in [0.25, 0.3) is 0 Å². The van der Waals surface area contributed by atoms with Crippen LogP contribution >= 0.6 is 0 Å². The Kier molecular flexibility index (Phi) is 5.21. The summed E-state index contributed by atoms with van der Waals surface area (Å²) in [5.74, 6) is 0.0154. The van der Waals surface area contributed by atoms with Gasteiger partial charge in [-0.3, -0.25) is 4.79 Å². The molecule has 1 unspecified atom stereocenters. The molecule has 0 fully saturated rings. The van der Waals surface area contributed by atoms with Crippen molar-refractivity contribution in [3.05, 3.63) is 23.8 Å². The number of hydrogen-bond donors (Lipinski definition) is 1. The second kappa shape index (κ2) is 6.45. The fraction of sp³-hybridized carbons (Fsp3) is 0.533. The number of anilines is 1. The summed E-state index contributed by atoms with van der Waals surface area (Å²) >= 11 is 0. The van der Waals surface area contributed by atoms with Gasteiger partial charge in [0.1, 0.15) is 5.75 Å². The Balaban J connectivity index is 2.96. The predicted octanol–water partition coefficient (Wildman–Crippen LogP) is 2.98. The first kappa shape index (κ1) is 15.3. The average Bonchev–Trinajstić information content (AvgIpc) is 2.37. The predicted molar refractivity (Wildman–Crippen MR) is 77.2 cm³/mol. The van der Waals surface area contributed by atoms with E-state index in [4.69, 9.17) is 9.84 Å². The molecule has 0 aliphatic rings. The van der Waals surface area contributed by atoms with Crippen molar-refractivity contribution in [2.45, 2.75) is 26.7 Å². The van der Waals surface area contributed by atoms with Gasteiger partial charge in [0.25, 0.3) is 0 Å². The molecular weight excluding hydrogens is 242 g/mol. The minimum Gasteiger partial charge on any atom is -0.495 e. The van der Waals surface area contributed by atoms with E-state index in [-0.39, 0.29) is 0 Å². The molecule has 0 bridgehead atoms. The number of carboxylic acids is 1. The highest BCUT2D eigenvalue weighted by atomic mass is 16.5. The maximum atomic E-state index is 10.9. The van der Waals surface area contributed by atoms with Crippen LogP contribution in [0.4, 0.5) is 5.69 Å². The van der Waals surface area contributed by atoms with E-state index in [0.29, 0.717) is 12.5 Å². The van der Waals surface area contributed by atoms with E-state index >= 15 is 0 Å². The van der Waals surface area contributed by atoms with E-state index in [9.17, 15) is 4.79 Å². The van der Waals surface area contributed by atoms with Gasteiger partial charge in [-0.1, -0.05) is 26.8 Å². The van der Waals surface area contributed by atoms with Crippen molar-refractivity contribution in [3.63, 3.8) is 0 Å². The third-order valence-electron chi connectivity index (χ3n) is 3.25. The van der Waals surface area contributed by atoms with E-state index in [1.165, 1.54) is 5.56 Å². The number of methoxy groups -OCH3 is 1. The molecule has 0 amide bonds. The molecule has 0 heterocycles. The summed E-state index contributed by atoms with van der Waals surface area (Å²) in [5.41, 5.74) is 2.13. The van der Waals surface area contributed by atoms with Crippen LogP contribution < -0.4 is 9.64 Å². The number of benzene rings is 1. The van der Waals surface area contributed by atoms with Crippen LogP contribution in [0.5, 0.6) is 5.75 Å². The lowest BCUT2D eigenvalue weighted by Crippen LogP contribution is -2.28. The second-order valence-corrected chi connectivity index (χ2v) is 5.21. The Labute approximate surface area is 115 Å². The van der Waals surface area contributed by atoms with Gasteiger partial charge in [-0.25, -0.2) is 0 Å². The Hall–Kier alpha value is -1.71. The zero-order valence-corrected chi connectivity index (χ0v) is 12.3. The first-order chi connectivity index (χ1) is 8.86. The van der Waals surface area contributed by atoms with Crippen molar-refractivity contribution in [1.29, 1.82) is 0 Å². The number of carboxylic acid groups (broad SMARTS) is 1. The summed E-state index contributed by atoms with van der Waals surface area (Å²) in [5, 5.41) is 8.96. The normalized spacial score (nSPS) is 12.3. The Morgan fingerprint density at radius 3 is 2.47 bits per heavy atom. The topological polar surface area (TPSA) is 49.8 Å². The van der Waals surface area contributed by atoms with Gasteiger partial charge in [0.05, 0.1) is 18.7 Å². The highest BCUT2D eigenvalue weighted by molar-refractivity contribution is 5.71. The van der Waals surface area contributed by atoms with Crippen LogP contribution in [0.15, 0.2) is 18.2 Å². The fourth-order valence-corrected chi connectivity index (χ4v) is 1.96. The largest absolute Gasteiger partial charge is 0.495 e. The van der Waals surface area contributed by atoms with Gasteiger partial charge >= 0.3 is 5.97 Å². The van der Waals surface area contributed by atoms with Crippen molar-refractivity contribution >= 4 is 11.7 Å². The second-order valence-electron chi connectivity index (χ2n) is 5.21. The third kappa shape index (κ3) is 3.88. The molecule has 0 aromatic heterocycles. The number of nitrogens with zero attached hydrogens (tertiary/aromatic N) is 1. The molecule has 0 saturated carbocycles.